The van der Waals surface area contributed by atoms with Crippen LogP contribution >= 0.6 is 22.9 Å². The van der Waals surface area contributed by atoms with Crippen LogP contribution in [-0.4, -0.2) is 43.8 Å². The summed E-state index contributed by atoms with van der Waals surface area (Å²) < 4.78 is 26.8. The third kappa shape index (κ3) is 3.52. The summed E-state index contributed by atoms with van der Waals surface area (Å²) in [6.45, 7) is 3.42. The summed E-state index contributed by atoms with van der Waals surface area (Å²) in [6.07, 6.45) is 0. The number of hydrogen-bond donors (Lipinski definition) is 0. The molecule has 1 aliphatic heterocycles. The quantitative estimate of drug-likeness (QED) is 0.845. The van der Waals surface area contributed by atoms with E-state index in [0.717, 1.165) is 19.6 Å². The number of nitrogens with zero attached hydrogens (tertiary/aromatic N) is 2. The molecule has 4 nitrogen and oxygen atoms in total. The highest BCUT2D eigenvalue weighted by atomic mass is 35.5. The van der Waals surface area contributed by atoms with Crippen LogP contribution in [0.1, 0.15) is 4.88 Å². The fraction of sp³-hybridized carbons (Fsp3) is 0.333. The maximum atomic E-state index is 12.6. The number of rotatable bonds is 4. The molecule has 0 N–H and O–H groups in total. The second-order valence-corrected chi connectivity index (χ2v) is 8.62. The van der Waals surface area contributed by atoms with Crippen LogP contribution in [0.3, 0.4) is 0 Å². The summed E-state index contributed by atoms with van der Waals surface area (Å²) in [7, 11) is -3.45. The van der Waals surface area contributed by atoms with Gasteiger partial charge < -0.3 is 0 Å². The van der Waals surface area contributed by atoms with Gasteiger partial charge in [-0.25, -0.2) is 8.42 Å². The van der Waals surface area contributed by atoms with E-state index in [4.69, 9.17) is 11.6 Å². The van der Waals surface area contributed by atoms with Crippen LogP contribution < -0.4 is 0 Å². The molecule has 0 aliphatic carbocycles. The number of thiophene rings is 1. The van der Waals surface area contributed by atoms with Gasteiger partial charge in [-0.1, -0.05) is 23.7 Å². The van der Waals surface area contributed by atoms with Crippen molar-refractivity contribution in [1.82, 2.24) is 9.21 Å². The zero-order valence-corrected chi connectivity index (χ0v) is 14.4. The molecule has 22 heavy (non-hydrogen) atoms. The first-order valence-corrected chi connectivity index (χ1v) is 9.76. The Balaban J connectivity index is 1.65. The Morgan fingerprint density at radius 3 is 2.50 bits per heavy atom. The Bertz CT molecular complexity index is 724. The third-order valence-electron chi connectivity index (χ3n) is 3.72. The molecule has 1 aliphatic rings. The first-order chi connectivity index (χ1) is 10.6. The van der Waals surface area contributed by atoms with Gasteiger partial charge in [-0.15, -0.1) is 11.3 Å². The molecule has 0 radical (unpaired) electrons. The maximum Gasteiger partial charge on any atom is 0.243 e. The molecule has 1 saturated heterocycles. The van der Waals surface area contributed by atoms with Crippen molar-refractivity contribution in [2.75, 3.05) is 26.2 Å². The summed E-state index contributed by atoms with van der Waals surface area (Å²) in [5, 5.41) is 2.51. The Hall–Kier alpha value is -0.920. The standard InChI is InChI=1S/C15H17ClN2O2S2/c16-13-3-1-5-15(11-13)22(19,20)18-8-6-17(7-9-18)12-14-4-2-10-21-14/h1-5,10-11H,6-9,12H2. The average molecular weight is 357 g/mol. The minimum atomic E-state index is -3.45. The van der Waals surface area contributed by atoms with E-state index in [0.29, 0.717) is 18.1 Å². The van der Waals surface area contributed by atoms with Crippen LogP contribution in [0.5, 0.6) is 0 Å². The number of hydrogen-bond acceptors (Lipinski definition) is 4. The Morgan fingerprint density at radius 1 is 1.09 bits per heavy atom. The number of benzene rings is 1. The smallest absolute Gasteiger partial charge is 0.243 e. The van der Waals surface area contributed by atoms with Crippen molar-refractivity contribution in [3.05, 3.63) is 51.7 Å². The van der Waals surface area contributed by atoms with E-state index < -0.39 is 10.0 Å². The Labute approximate surface area is 140 Å². The van der Waals surface area contributed by atoms with Crippen LogP contribution in [-0.2, 0) is 16.6 Å². The third-order valence-corrected chi connectivity index (χ3v) is 6.72. The Morgan fingerprint density at radius 2 is 1.86 bits per heavy atom. The lowest BCUT2D eigenvalue weighted by atomic mass is 10.3. The van der Waals surface area contributed by atoms with Crippen LogP contribution in [0.2, 0.25) is 5.02 Å². The summed E-state index contributed by atoms with van der Waals surface area (Å²) in [5.41, 5.74) is 0. The number of sulfonamides is 1. The van der Waals surface area contributed by atoms with Crippen LogP contribution in [0.15, 0.2) is 46.7 Å². The van der Waals surface area contributed by atoms with Gasteiger partial charge in [0, 0.05) is 42.6 Å². The van der Waals surface area contributed by atoms with Gasteiger partial charge in [-0.05, 0) is 29.6 Å². The summed E-state index contributed by atoms with van der Waals surface area (Å²) in [5.74, 6) is 0. The van der Waals surface area contributed by atoms with E-state index in [-0.39, 0.29) is 4.90 Å². The highest BCUT2D eigenvalue weighted by molar-refractivity contribution is 7.89. The molecule has 1 aromatic carbocycles. The first-order valence-electron chi connectivity index (χ1n) is 7.06. The van der Waals surface area contributed by atoms with Gasteiger partial charge in [0.1, 0.15) is 0 Å². The molecule has 0 atom stereocenters. The van der Waals surface area contributed by atoms with Crippen molar-refractivity contribution in [1.29, 1.82) is 0 Å². The van der Waals surface area contributed by atoms with Crippen molar-refractivity contribution in [3.63, 3.8) is 0 Å². The van der Waals surface area contributed by atoms with Crippen LogP contribution in [0.25, 0.3) is 0 Å². The average Bonchev–Trinajstić information content (AvgIpc) is 3.01. The zero-order chi connectivity index (χ0) is 15.6. The second kappa shape index (κ2) is 6.68. The molecule has 7 heteroatoms. The lowest BCUT2D eigenvalue weighted by Gasteiger charge is -2.33. The van der Waals surface area contributed by atoms with E-state index in [2.05, 4.69) is 16.3 Å². The van der Waals surface area contributed by atoms with Gasteiger partial charge in [0.25, 0.3) is 0 Å². The van der Waals surface area contributed by atoms with Crippen molar-refractivity contribution >= 4 is 33.0 Å². The zero-order valence-electron chi connectivity index (χ0n) is 12.0. The summed E-state index contributed by atoms with van der Waals surface area (Å²) >= 11 is 7.64. The van der Waals surface area contributed by atoms with Gasteiger partial charge in [0.15, 0.2) is 0 Å². The molecule has 1 fully saturated rings. The molecule has 3 rings (SSSR count). The molecule has 2 heterocycles. The molecular weight excluding hydrogens is 340 g/mol. The predicted octanol–water partition coefficient (Wildman–Crippen LogP) is 2.91. The largest absolute Gasteiger partial charge is 0.296 e. The molecular formula is C15H17ClN2O2S2. The van der Waals surface area contributed by atoms with Gasteiger partial charge in [-0.3, -0.25) is 4.90 Å². The predicted molar refractivity (Wildman–Crippen MR) is 89.8 cm³/mol. The van der Waals surface area contributed by atoms with Crippen LogP contribution in [0.4, 0.5) is 0 Å². The molecule has 2 aromatic rings. The first kappa shape index (κ1) is 16.0. The number of halogens is 1. The highest BCUT2D eigenvalue weighted by Crippen LogP contribution is 2.21. The van der Waals surface area contributed by atoms with E-state index in [1.54, 1.807) is 33.8 Å². The fourth-order valence-electron chi connectivity index (χ4n) is 2.53. The van der Waals surface area contributed by atoms with Gasteiger partial charge in [0.05, 0.1) is 4.90 Å². The fourth-order valence-corrected chi connectivity index (χ4v) is 5.00. The number of piperazine rings is 1. The topological polar surface area (TPSA) is 40.6 Å². The second-order valence-electron chi connectivity index (χ2n) is 5.22. The molecule has 0 unspecified atom stereocenters. The van der Waals surface area contributed by atoms with E-state index in [1.807, 2.05) is 6.07 Å². The molecule has 118 valence electrons. The van der Waals surface area contributed by atoms with Crippen molar-refractivity contribution in [2.45, 2.75) is 11.4 Å². The van der Waals surface area contributed by atoms with Crippen LogP contribution in [0, 0.1) is 0 Å². The lowest BCUT2D eigenvalue weighted by Crippen LogP contribution is -2.48. The highest BCUT2D eigenvalue weighted by Gasteiger charge is 2.28. The SMILES string of the molecule is O=S(=O)(c1cccc(Cl)c1)N1CCN(Cc2cccs2)CC1. The van der Waals surface area contributed by atoms with Gasteiger partial charge in [-0.2, -0.15) is 4.31 Å². The maximum absolute atomic E-state index is 12.6. The monoisotopic (exact) mass is 356 g/mol. The summed E-state index contributed by atoms with van der Waals surface area (Å²) in [6, 6.07) is 10.6. The van der Waals surface area contributed by atoms with Crippen molar-refractivity contribution < 1.29 is 8.42 Å². The van der Waals surface area contributed by atoms with E-state index >= 15 is 0 Å². The van der Waals surface area contributed by atoms with Gasteiger partial charge >= 0.3 is 0 Å². The normalized spacial score (nSPS) is 17.7. The van der Waals surface area contributed by atoms with Crippen molar-refractivity contribution in [2.24, 2.45) is 0 Å². The molecule has 0 spiro atoms. The molecule has 0 saturated carbocycles. The minimum absolute atomic E-state index is 0.270. The Kier molecular flexibility index (Phi) is 4.84. The summed E-state index contributed by atoms with van der Waals surface area (Å²) in [4.78, 5) is 3.87. The van der Waals surface area contributed by atoms with Crippen molar-refractivity contribution in [3.8, 4) is 0 Å². The minimum Gasteiger partial charge on any atom is -0.296 e. The lowest BCUT2D eigenvalue weighted by molar-refractivity contribution is 0.183. The molecule has 1 aromatic heterocycles. The molecule has 0 amide bonds. The van der Waals surface area contributed by atoms with Gasteiger partial charge in [0.2, 0.25) is 10.0 Å². The molecule has 0 bridgehead atoms. The van der Waals surface area contributed by atoms with E-state index in [9.17, 15) is 8.42 Å². The van der Waals surface area contributed by atoms with E-state index in [1.165, 1.54) is 10.9 Å².